The topological polar surface area (TPSA) is 38.8 Å². The van der Waals surface area contributed by atoms with Crippen LogP contribution < -0.4 is 9.47 Å². The number of hydrogen-bond donors (Lipinski definition) is 0. The summed E-state index contributed by atoms with van der Waals surface area (Å²) in [7, 11) is 3.25. The highest BCUT2D eigenvalue weighted by Crippen LogP contribution is 2.43. The van der Waals surface area contributed by atoms with Gasteiger partial charge in [-0.15, -0.1) is 11.8 Å². The first-order valence-electron chi connectivity index (χ1n) is 6.34. The maximum Gasteiger partial charge on any atom is 0.234 e. The Hall–Kier alpha value is -1.62. The van der Waals surface area contributed by atoms with Crippen molar-refractivity contribution in [2.45, 2.75) is 12.3 Å². The zero-order valence-electron chi connectivity index (χ0n) is 12.0. The molecule has 0 aromatic heterocycles. The minimum atomic E-state index is -0.0277. The van der Waals surface area contributed by atoms with Crippen molar-refractivity contribution in [2.24, 2.45) is 0 Å². The average Bonchev–Trinajstić information content (AvgIpc) is 2.79. The monoisotopic (exact) mass is 293 g/mol. The molecule has 0 aliphatic carbocycles. The van der Waals surface area contributed by atoms with E-state index in [9.17, 15) is 4.79 Å². The van der Waals surface area contributed by atoms with Crippen LogP contribution in [0.25, 0.3) is 0 Å². The number of rotatable bonds is 5. The first-order valence-corrected chi connectivity index (χ1v) is 7.39. The molecule has 1 amide bonds. The summed E-state index contributed by atoms with van der Waals surface area (Å²) in [6, 6.07) is 5.69. The van der Waals surface area contributed by atoms with Crippen LogP contribution in [0.3, 0.4) is 0 Å². The van der Waals surface area contributed by atoms with Crippen LogP contribution in [0.1, 0.15) is 17.9 Å². The number of carbonyl (C=O) groups is 1. The number of methoxy groups -OCH3 is 2. The van der Waals surface area contributed by atoms with Gasteiger partial charge in [0.25, 0.3) is 0 Å². The van der Waals surface area contributed by atoms with Gasteiger partial charge in [0.1, 0.15) is 16.9 Å². The Kier molecular flexibility index (Phi) is 4.60. The molecule has 1 aromatic carbocycles. The van der Waals surface area contributed by atoms with Crippen molar-refractivity contribution in [1.29, 1.82) is 0 Å². The van der Waals surface area contributed by atoms with Gasteiger partial charge in [-0.1, -0.05) is 12.2 Å². The van der Waals surface area contributed by atoms with Gasteiger partial charge in [0.15, 0.2) is 0 Å². The molecule has 1 fully saturated rings. The largest absolute Gasteiger partial charge is 0.497 e. The van der Waals surface area contributed by atoms with Gasteiger partial charge >= 0.3 is 0 Å². The molecule has 0 bridgehead atoms. The van der Waals surface area contributed by atoms with Crippen LogP contribution in [0, 0.1) is 0 Å². The lowest BCUT2D eigenvalue weighted by atomic mass is 10.1. The highest BCUT2D eigenvalue weighted by molar-refractivity contribution is 8.00. The quantitative estimate of drug-likeness (QED) is 0.783. The van der Waals surface area contributed by atoms with Gasteiger partial charge < -0.3 is 14.4 Å². The van der Waals surface area contributed by atoms with Gasteiger partial charge in [0.05, 0.1) is 20.0 Å². The smallest absolute Gasteiger partial charge is 0.234 e. The molecular formula is C15H19NO3S. The molecule has 20 heavy (non-hydrogen) atoms. The van der Waals surface area contributed by atoms with Gasteiger partial charge in [-0.25, -0.2) is 0 Å². The maximum absolute atomic E-state index is 12.0. The summed E-state index contributed by atoms with van der Waals surface area (Å²) < 4.78 is 10.6. The van der Waals surface area contributed by atoms with Crippen LogP contribution >= 0.6 is 11.8 Å². The highest BCUT2D eigenvalue weighted by atomic mass is 32.2. The molecule has 4 nitrogen and oxygen atoms in total. The summed E-state index contributed by atoms with van der Waals surface area (Å²) in [4.78, 5) is 13.9. The van der Waals surface area contributed by atoms with E-state index in [2.05, 4.69) is 6.58 Å². The van der Waals surface area contributed by atoms with Gasteiger partial charge in [-0.3, -0.25) is 4.79 Å². The van der Waals surface area contributed by atoms with Gasteiger partial charge in [0.2, 0.25) is 5.91 Å². The molecule has 1 atom stereocenters. The molecule has 1 unspecified atom stereocenters. The van der Waals surface area contributed by atoms with E-state index in [1.807, 2.05) is 30.0 Å². The summed E-state index contributed by atoms with van der Waals surface area (Å²) in [6.45, 7) is 6.40. The van der Waals surface area contributed by atoms with Crippen LogP contribution in [-0.4, -0.2) is 37.3 Å². The van der Waals surface area contributed by atoms with E-state index in [1.54, 1.807) is 26.0 Å². The molecule has 0 saturated carbocycles. The summed E-state index contributed by atoms with van der Waals surface area (Å²) in [5, 5.41) is -0.0277. The van der Waals surface area contributed by atoms with Crippen molar-refractivity contribution >= 4 is 17.7 Å². The van der Waals surface area contributed by atoms with Crippen molar-refractivity contribution in [3.05, 3.63) is 35.9 Å². The van der Waals surface area contributed by atoms with E-state index >= 15 is 0 Å². The summed E-state index contributed by atoms with van der Waals surface area (Å²) in [5.74, 6) is 2.11. The third-order valence-electron chi connectivity index (χ3n) is 3.12. The Morgan fingerprint density at radius 2 is 2.20 bits per heavy atom. The van der Waals surface area contributed by atoms with E-state index in [-0.39, 0.29) is 11.3 Å². The Morgan fingerprint density at radius 1 is 1.45 bits per heavy atom. The minimum absolute atomic E-state index is 0.0277. The Morgan fingerprint density at radius 3 is 2.80 bits per heavy atom. The van der Waals surface area contributed by atoms with Gasteiger partial charge in [0, 0.05) is 18.2 Å². The van der Waals surface area contributed by atoms with Crippen LogP contribution in [0.2, 0.25) is 0 Å². The number of benzene rings is 1. The molecule has 0 radical (unpaired) electrons. The molecule has 1 aliphatic rings. The van der Waals surface area contributed by atoms with Crippen molar-refractivity contribution < 1.29 is 14.3 Å². The number of ether oxygens (including phenoxy) is 2. The standard InChI is InChI=1S/C15H19NO3S/c1-10(2)8-16-14(17)9-20-15(16)12-6-5-11(18-3)7-13(12)19-4/h5-7,15H,1,8-9H2,2-4H3. The maximum atomic E-state index is 12.0. The molecular weight excluding hydrogens is 274 g/mol. The molecule has 1 aromatic rings. The summed E-state index contributed by atoms with van der Waals surface area (Å²) in [6.07, 6.45) is 0. The van der Waals surface area contributed by atoms with Crippen molar-refractivity contribution in [2.75, 3.05) is 26.5 Å². The highest BCUT2D eigenvalue weighted by Gasteiger charge is 2.34. The molecule has 108 valence electrons. The number of amides is 1. The average molecular weight is 293 g/mol. The normalized spacial score (nSPS) is 18.2. The summed E-state index contributed by atoms with van der Waals surface area (Å²) in [5.41, 5.74) is 1.96. The third kappa shape index (κ3) is 2.93. The number of thioether (sulfide) groups is 1. The van der Waals surface area contributed by atoms with E-state index < -0.39 is 0 Å². The van der Waals surface area contributed by atoms with Crippen LogP contribution in [0.5, 0.6) is 11.5 Å². The zero-order chi connectivity index (χ0) is 14.7. The SMILES string of the molecule is C=C(C)CN1C(=O)CSC1c1ccc(OC)cc1OC. The van der Waals surface area contributed by atoms with Crippen molar-refractivity contribution in [1.82, 2.24) is 4.90 Å². The predicted molar refractivity (Wildman–Crippen MR) is 81.3 cm³/mol. The van der Waals surface area contributed by atoms with Crippen LogP contribution in [0.4, 0.5) is 0 Å². The molecule has 1 aliphatic heterocycles. The second kappa shape index (κ2) is 6.22. The first-order chi connectivity index (χ1) is 9.56. The first kappa shape index (κ1) is 14.8. The number of hydrogen-bond acceptors (Lipinski definition) is 4. The fourth-order valence-corrected chi connectivity index (χ4v) is 3.41. The molecule has 1 saturated heterocycles. The van der Waals surface area contributed by atoms with Crippen LogP contribution in [-0.2, 0) is 4.79 Å². The zero-order valence-corrected chi connectivity index (χ0v) is 12.8. The van der Waals surface area contributed by atoms with E-state index in [0.29, 0.717) is 12.3 Å². The lowest BCUT2D eigenvalue weighted by Gasteiger charge is -2.25. The Balaban J connectivity index is 2.34. The molecule has 1 heterocycles. The molecule has 5 heteroatoms. The second-order valence-corrected chi connectivity index (χ2v) is 5.82. The molecule has 0 spiro atoms. The van der Waals surface area contributed by atoms with E-state index in [0.717, 1.165) is 22.6 Å². The summed E-state index contributed by atoms with van der Waals surface area (Å²) >= 11 is 1.61. The van der Waals surface area contributed by atoms with E-state index in [4.69, 9.17) is 9.47 Å². The van der Waals surface area contributed by atoms with Crippen LogP contribution in [0.15, 0.2) is 30.4 Å². The Labute approximate surface area is 123 Å². The molecule has 2 rings (SSSR count). The van der Waals surface area contributed by atoms with E-state index in [1.165, 1.54) is 0 Å². The van der Waals surface area contributed by atoms with Gasteiger partial charge in [-0.2, -0.15) is 0 Å². The second-order valence-electron chi connectivity index (χ2n) is 4.75. The predicted octanol–water partition coefficient (Wildman–Crippen LogP) is 2.85. The van der Waals surface area contributed by atoms with Crippen molar-refractivity contribution in [3.8, 4) is 11.5 Å². The Bertz CT molecular complexity index is 530. The minimum Gasteiger partial charge on any atom is -0.497 e. The van der Waals surface area contributed by atoms with Crippen molar-refractivity contribution in [3.63, 3.8) is 0 Å². The lowest BCUT2D eigenvalue weighted by molar-refractivity contribution is -0.127. The lowest BCUT2D eigenvalue weighted by Crippen LogP contribution is -2.29. The fraction of sp³-hybridized carbons (Fsp3) is 0.400. The number of nitrogens with zero attached hydrogens (tertiary/aromatic N) is 1. The fourth-order valence-electron chi connectivity index (χ4n) is 2.20. The molecule has 0 N–H and O–H groups in total. The van der Waals surface area contributed by atoms with Gasteiger partial charge in [-0.05, 0) is 19.1 Å². The third-order valence-corrected chi connectivity index (χ3v) is 4.35. The number of carbonyl (C=O) groups excluding carboxylic acids is 1.